The first kappa shape index (κ1) is 17.6. The summed E-state index contributed by atoms with van der Waals surface area (Å²) in [6, 6.07) is 10.1. The van der Waals surface area contributed by atoms with Gasteiger partial charge in [-0.3, -0.25) is 4.79 Å². The van der Waals surface area contributed by atoms with Gasteiger partial charge in [-0.05, 0) is 5.56 Å². The molecule has 1 fully saturated rings. The number of hydrogen-bond donors (Lipinski definition) is 1. The average Bonchev–Trinajstić information content (AvgIpc) is 3.18. The second kappa shape index (κ2) is 8.22. The number of hydrogen-bond acceptors (Lipinski definition) is 5. The van der Waals surface area contributed by atoms with Crippen molar-refractivity contribution in [2.75, 3.05) is 26.9 Å². The normalized spacial score (nSPS) is 17.4. The molecule has 2 heterocycles. The van der Waals surface area contributed by atoms with Gasteiger partial charge in [0.05, 0.1) is 26.3 Å². The number of aromatic nitrogens is 3. The van der Waals surface area contributed by atoms with E-state index in [4.69, 9.17) is 4.74 Å². The third-order valence-electron chi connectivity index (χ3n) is 4.45. The minimum absolute atomic E-state index is 0.0132. The van der Waals surface area contributed by atoms with Gasteiger partial charge in [-0.25, -0.2) is 9.67 Å². The second-order valence-electron chi connectivity index (χ2n) is 6.22. The van der Waals surface area contributed by atoms with Gasteiger partial charge in [-0.2, -0.15) is 5.10 Å². The molecule has 1 unspecified atom stereocenters. The Kier molecular flexibility index (Phi) is 5.78. The third-order valence-corrected chi connectivity index (χ3v) is 4.45. The van der Waals surface area contributed by atoms with E-state index >= 15 is 0 Å². The lowest BCUT2D eigenvalue weighted by Crippen LogP contribution is -2.26. The van der Waals surface area contributed by atoms with Gasteiger partial charge in [0, 0.05) is 32.4 Å². The van der Waals surface area contributed by atoms with Crippen molar-refractivity contribution < 1.29 is 14.6 Å². The fourth-order valence-corrected chi connectivity index (χ4v) is 3.16. The van der Waals surface area contributed by atoms with Crippen LogP contribution in [-0.4, -0.2) is 57.5 Å². The van der Waals surface area contributed by atoms with Gasteiger partial charge in [0.2, 0.25) is 5.91 Å². The molecule has 1 N–H and O–H groups in total. The van der Waals surface area contributed by atoms with Crippen molar-refractivity contribution in [1.29, 1.82) is 0 Å². The molecule has 0 radical (unpaired) electrons. The van der Waals surface area contributed by atoms with Crippen molar-refractivity contribution in [3.8, 4) is 0 Å². The van der Waals surface area contributed by atoms with Crippen LogP contribution in [0.25, 0.3) is 0 Å². The molecule has 7 heteroatoms. The van der Waals surface area contributed by atoms with Crippen molar-refractivity contribution in [3.05, 3.63) is 47.5 Å². The molecular weight excluding hydrogens is 320 g/mol. The van der Waals surface area contributed by atoms with Crippen LogP contribution in [0.5, 0.6) is 0 Å². The van der Waals surface area contributed by atoms with Gasteiger partial charge >= 0.3 is 0 Å². The summed E-state index contributed by atoms with van der Waals surface area (Å²) >= 11 is 0. The van der Waals surface area contributed by atoms with Gasteiger partial charge in [0.15, 0.2) is 5.82 Å². The molecule has 7 nitrogen and oxygen atoms in total. The predicted molar refractivity (Wildman–Crippen MR) is 91.9 cm³/mol. The van der Waals surface area contributed by atoms with E-state index in [0.29, 0.717) is 50.7 Å². The van der Waals surface area contributed by atoms with Crippen LogP contribution < -0.4 is 0 Å². The van der Waals surface area contributed by atoms with Crippen LogP contribution in [0.1, 0.15) is 29.6 Å². The van der Waals surface area contributed by atoms with E-state index < -0.39 is 0 Å². The van der Waals surface area contributed by atoms with Crippen LogP contribution in [0, 0.1) is 0 Å². The smallest absolute Gasteiger partial charge is 0.223 e. The Balaban J connectivity index is 1.71. The molecule has 2 aromatic rings. The van der Waals surface area contributed by atoms with E-state index in [1.165, 1.54) is 5.56 Å². The van der Waals surface area contributed by atoms with E-state index in [0.717, 1.165) is 0 Å². The number of likely N-dealkylation sites (tertiary alicyclic amines) is 1. The first-order valence-corrected chi connectivity index (χ1v) is 8.56. The van der Waals surface area contributed by atoms with E-state index in [1.54, 1.807) is 11.8 Å². The van der Waals surface area contributed by atoms with Gasteiger partial charge in [0.25, 0.3) is 0 Å². The Bertz CT molecular complexity index is 702. The Hall–Kier alpha value is -2.25. The van der Waals surface area contributed by atoms with Crippen LogP contribution in [0.4, 0.5) is 0 Å². The number of benzene rings is 1. The molecule has 1 amide bonds. The molecule has 1 aromatic heterocycles. The van der Waals surface area contributed by atoms with Gasteiger partial charge in [-0.1, -0.05) is 30.3 Å². The SMILES string of the molecule is COCCc1nc(CN2CC(c3ccccc3)CC2=O)n(CCO)n1. The summed E-state index contributed by atoms with van der Waals surface area (Å²) < 4.78 is 6.75. The quantitative estimate of drug-likeness (QED) is 0.772. The largest absolute Gasteiger partial charge is 0.394 e. The number of aliphatic hydroxyl groups excluding tert-OH is 1. The third kappa shape index (κ3) is 4.24. The predicted octanol–water partition coefficient (Wildman–Crippen LogP) is 0.975. The molecule has 3 rings (SSSR count). The monoisotopic (exact) mass is 344 g/mol. The molecule has 1 aliphatic heterocycles. The lowest BCUT2D eigenvalue weighted by atomic mass is 9.99. The molecule has 0 aliphatic carbocycles. The number of aliphatic hydroxyl groups is 1. The minimum Gasteiger partial charge on any atom is -0.394 e. The lowest BCUT2D eigenvalue weighted by Gasteiger charge is -2.16. The van der Waals surface area contributed by atoms with E-state index in [-0.39, 0.29) is 18.4 Å². The standard InChI is InChI=1S/C18H24N4O3/c1-25-10-7-16-19-17(22(20-16)8-9-23)13-21-12-15(11-18(21)24)14-5-3-2-4-6-14/h2-6,15,23H,7-13H2,1H3. The highest BCUT2D eigenvalue weighted by Crippen LogP contribution is 2.28. The highest BCUT2D eigenvalue weighted by molar-refractivity contribution is 5.79. The Labute approximate surface area is 147 Å². The molecule has 1 saturated heterocycles. The van der Waals surface area contributed by atoms with E-state index in [1.807, 2.05) is 23.1 Å². The summed E-state index contributed by atoms with van der Waals surface area (Å²) in [6.45, 7) is 2.01. The highest BCUT2D eigenvalue weighted by Gasteiger charge is 2.31. The maximum atomic E-state index is 12.4. The topological polar surface area (TPSA) is 80.5 Å². The van der Waals surface area contributed by atoms with Crippen molar-refractivity contribution in [1.82, 2.24) is 19.7 Å². The van der Waals surface area contributed by atoms with Crippen LogP contribution in [-0.2, 0) is 29.0 Å². The fourth-order valence-electron chi connectivity index (χ4n) is 3.16. The zero-order valence-electron chi connectivity index (χ0n) is 14.5. The first-order chi connectivity index (χ1) is 12.2. The van der Waals surface area contributed by atoms with Gasteiger partial charge < -0.3 is 14.7 Å². The Morgan fingerprint density at radius 1 is 1.32 bits per heavy atom. The summed E-state index contributed by atoms with van der Waals surface area (Å²) in [5.41, 5.74) is 1.19. The molecular formula is C18H24N4O3. The van der Waals surface area contributed by atoms with Crippen LogP contribution in [0.3, 0.4) is 0 Å². The maximum Gasteiger partial charge on any atom is 0.223 e. The molecule has 0 saturated carbocycles. The highest BCUT2D eigenvalue weighted by atomic mass is 16.5. The lowest BCUT2D eigenvalue weighted by molar-refractivity contribution is -0.128. The van der Waals surface area contributed by atoms with Crippen LogP contribution in [0.15, 0.2) is 30.3 Å². The maximum absolute atomic E-state index is 12.4. The van der Waals surface area contributed by atoms with Gasteiger partial charge in [0.1, 0.15) is 5.82 Å². The molecule has 1 aliphatic rings. The van der Waals surface area contributed by atoms with Crippen LogP contribution >= 0.6 is 0 Å². The Morgan fingerprint density at radius 2 is 2.12 bits per heavy atom. The fraction of sp³-hybridized carbons (Fsp3) is 0.500. The summed E-state index contributed by atoms with van der Waals surface area (Å²) in [6.07, 6.45) is 1.14. The molecule has 1 aromatic carbocycles. The van der Waals surface area contributed by atoms with Crippen molar-refractivity contribution >= 4 is 5.91 Å². The van der Waals surface area contributed by atoms with E-state index in [2.05, 4.69) is 22.2 Å². The summed E-state index contributed by atoms with van der Waals surface area (Å²) in [5.74, 6) is 1.74. The molecule has 1 atom stereocenters. The molecule has 134 valence electrons. The second-order valence-corrected chi connectivity index (χ2v) is 6.22. The van der Waals surface area contributed by atoms with Crippen molar-refractivity contribution in [2.45, 2.75) is 31.8 Å². The number of ether oxygens (including phenoxy) is 1. The number of carbonyl (C=O) groups is 1. The number of amides is 1. The summed E-state index contributed by atoms with van der Waals surface area (Å²) in [4.78, 5) is 18.8. The molecule has 0 bridgehead atoms. The van der Waals surface area contributed by atoms with Crippen molar-refractivity contribution in [3.63, 3.8) is 0 Å². The first-order valence-electron chi connectivity index (χ1n) is 8.56. The van der Waals surface area contributed by atoms with Crippen LogP contribution in [0.2, 0.25) is 0 Å². The summed E-state index contributed by atoms with van der Waals surface area (Å²) in [5, 5.41) is 13.6. The van der Waals surface area contributed by atoms with E-state index in [9.17, 15) is 9.90 Å². The summed E-state index contributed by atoms with van der Waals surface area (Å²) in [7, 11) is 1.64. The molecule has 0 spiro atoms. The average molecular weight is 344 g/mol. The zero-order chi connectivity index (χ0) is 17.6. The van der Waals surface area contributed by atoms with Crippen molar-refractivity contribution in [2.24, 2.45) is 0 Å². The minimum atomic E-state index is -0.0132. The number of methoxy groups -OCH3 is 1. The molecule has 25 heavy (non-hydrogen) atoms. The Morgan fingerprint density at radius 3 is 2.84 bits per heavy atom. The van der Waals surface area contributed by atoms with Gasteiger partial charge in [-0.15, -0.1) is 0 Å². The number of nitrogens with zero attached hydrogens (tertiary/aromatic N) is 4. The number of rotatable bonds is 8. The number of carbonyl (C=O) groups excluding carboxylic acids is 1. The zero-order valence-corrected chi connectivity index (χ0v) is 14.5.